The molecule has 0 amide bonds. The fourth-order valence-electron chi connectivity index (χ4n) is 1.77. The second-order valence-electron chi connectivity index (χ2n) is 3.76. The number of hydrogen-bond donors (Lipinski definition) is 1. The Balaban J connectivity index is 2.47. The number of nitrogens with zero attached hydrogens (tertiary/aromatic N) is 2. The molecule has 1 N–H and O–H groups in total. The standard InChI is InChI=1S/C12H11Br2FN2O/c1-2-17-11(9(14)6-16-17)12(18)8-4-3-7(13)5-10(8)15/h3-6,12,18H,2H2,1H3. The minimum absolute atomic E-state index is 0.231. The summed E-state index contributed by atoms with van der Waals surface area (Å²) in [5.41, 5.74) is 0.785. The van der Waals surface area contributed by atoms with Crippen LogP contribution in [0.15, 0.2) is 33.3 Å². The van der Waals surface area contributed by atoms with E-state index in [-0.39, 0.29) is 5.56 Å². The van der Waals surface area contributed by atoms with Crippen LogP contribution < -0.4 is 0 Å². The zero-order valence-electron chi connectivity index (χ0n) is 9.57. The molecule has 1 atom stereocenters. The molecular formula is C12H11Br2FN2O. The molecule has 3 nitrogen and oxygen atoms in total. The van der Waals surface area contributed by atoms with E-state index < -0.39 is 11.9 Å². The molecule has 0 saturated carbocycles. The zero-order valence-corrected chi connectivity index (χ0v) is 12.7. The largest absolute Gasteiger partial charge is 0.382 e. The Labute approximate surface area is 121 Å². The number of aromatic nitrogens is 2. The van der Waals surface area contributed by atoms with Crippen LogP contribution in [0.4, 0.5) is 4.39 Å². The summed E-state index contributed by atoms with van der Waals surface area (Å²) in [5, 5.41) is 14.4. The van der Waals surface area contributed by atoms with Gasteiger partial charge in [-0.05, 0) is 35.0 Å². The second kappa shape index (κ2) is 5.50. The van der Waals surface area contributed by atoms with Crippen LogP contribution in [-0.2, 0) is 6.54 Å². The van der Waals surface area contributed by atoms with Gasteiger partial charge in [-0.15, -0.1) is 0 Å². The molecule has 0 aliphatic carbocycles. The summed E-state index contributed by atoms with van der Waals surface area (Å²) in [6.45, 7) is 2.52. The van der Waals surface area contributed by atoms with Crippen molar-refractivity contribution in [3.63, 3.8) is 0 Å². The van der Waals surface area contributed by atoms with Gasteiger partial charge in [-0.1, -0.05) is 22.0 Å². The molecule has 1 heterocycles. The molecule has 18 heavy (non-hydrogen) atoms. The van der Waals surface area contributed by atoms with E-state index >= 15 is 0 Å². The summed E-state index contributed by atoms with van der Waals surface area (Å²) in [7, 11) is 0. The summed E-state index contributed by atoms with van der Waals surface area (Å²) in [6, 6.07) is 4.59. The number of aliphatic hydroxyl groups is 1. The molecule has 0 aliphatic heterocycles. The van der Waals surface area contributed by atoms with Crippen molar-refractivity contribution >= 4 is 31.9 Å². The van der Waals surface area contributed by atoms with Crippen molar-refractivity contribution in [3.8, 4) is 0 Å². The number of benzene rings is 1. The van der Waals surface area contributed by atoms with E-state index in [2.05, 4.69) is 37.0 Å². The number of aryl methyl sites for hydroxylation is 1. The topological polar surface area (TPSA) is 38.0 Å². The van der Waals surface area contributed by atoms with Gasteiger partial charge in [-0.25, -0.2) is 4.39 Å². The average Bonchev–Trinajstić information content (AvgIpc) is 2.69. The Morgan fingerprint density at radius 3 is 2.78 bits per heavy atom. The number of rotatable bonds is 3. The van der Waals surface area contributed by atoms with Gasteiger partial charge in [0.1, 0.15) is 11.9 Å². The number of aliphatic hydroxyl groups excluding tert-OH is 1. The second-order valence-corrected chi connectivity index (χ2v) is 5.53. The molecule has 6 heteroatoms. The van der Waals surface area contributed by atoms with Crippen LogP contribution >= 0.6 is 31.9 Å². The van der Waals surface area contributed by atoms with E-state index in [0.717, 1.165) is 0 Å². The normalized spacial score (nSPS) is 12.7. The predicted molar refractivity (Wildman–Crippen MR) is 73.8 cm³/mol. The lowest BCUT2D eigenvalue weighted by Crippen LogP contribution is -2.11. The van der Waals surface area contributed by atoms with Gasteiger partial charge in [0.05, 0.1) is 16.4 Å². The molecule has 96 valence electrons. The van der Waals surface area contributed by atoms with Gasteiger partial charge in [0.15, 0.2) is 0 Å². The lowest BCUT2D eigenvalue weighted by Gasteiger charge is -2.14. The van der Waals surface area contributed by atoms with Crippen molar-refractivity contribution < 1.29 is 9.50 Å². The fourth-order valence-corrected chi connectivity index (χ4v) is 2.61. The monoisotopic (exact) mass is 376 g/mol. The Morgan fingerprint density at radius 1 is 1.44 bits per heavy atom. The number of halogens is 3. The van der Waals surface area contributed by atoms with Crippen molar-refractivity contribution in [3.05, 3.63) is 50.4 Å². The van der Waals surface area contributed by atoms with Gasteiger partial charge in [0, 0.05) is 16.6 Å². The maximum atomic E-state index is 13.8. The Bertz CT molecular complexity index is 571. The fraction of sp³-hybridized carbons (Fsp3) is 0.250. The summed E-state index contributed by atoms with van der Waals surface area (Å²) in [6.07, 6.45) is 0.550. The van der Waals surface area contributed by atoms with E-state index in [4.69, 9.17) is 0 Å². The third-order valence-corrected chi connectivity index (χ3v) is 3.75. The van der Waals surface area contributed by atoms with Gasteiger partial charge in [-0.2, -0.15) is 5.10 Å². The highest BCUT2D eigenvalue weighted by Gasteiger charge is 2.21. The third kappa shape index (κ3) is 2.50. The van der Waals surface area contributed by atoms with Crippen molar-refractivity contribution in [2.75, 3.05) is 0 Å². The Morgan fingerprint density at radius 2 is 2.17 bits per heavy atom. The Kier molecular flexibility index (Phi) is 4.19. The molecule has 0 saturated heterocycles. The summed E-state index contributed by atoms with van der Waals surface area (Å²) in [5.74, 6) is -0.451. The first-order valence-electron chi connectivity index (χ1n) is 5.38. The van der Waals surface area contributed by atoms with Crippen molar-refractivity contribution in [2.24, 2.45) is 0 Å². The van der Waals surface area contributed by atoms with Crippen molar-refractivity contribution in [1.29, 1.82) is 0 Å². The van der Waals surface area contributed by atoms with Crippen LogP contribution in [0, 0.1) is 5.82 Å². The van der Waals surface area contributed by atoms with Crippen LogP contribution in [-0.4, -0.2) is 14.9 Å². The predicted octanol–water partition coefficient (Wildman–Crippen LogP) is 3.65. The average molecular weight is 378 g/mol. The van der Waals surface area contributed by atoms with Crippen LogP contribution in [0.25, 0.3) is 0 Å². The van der Waals surface area contributed by atoms with Crippen LogP contribution in [0.3, 0.4) is 0 Å². The maximum Gasteiger partial charge on any atom is 0.130 e. The lowest BCUT2D eigenvalue weighted by molar-refractivity contribution is 0.202. The Hall–Kier alpha value is -0.720. The van der Waals surface area contributed by atoms with E-state index in [1.54, 1.807) is 23.0 Å². The minimum atomic E-state index is -1.05. The summed E-state index contributed by atoms with van der Waals surface area (Å²) < 4.78 is 16.8. The number of hydrogen-bond acceptors (Lipinski definition) is 2. The molecule has 2 aromatic rings. The lowest BCUT2D eigenvalue weighted by atomic mass is 10.1. The van der Waals surface area contributed by atoms with Crippen LogP contribution in [0.2, 0.25) is 0 Å². The molecule has 0 spiro atoms. The molecule has 0 aliphatic rings. The summed E-state index contributed by atoms with van der Waals surface area (Å²) >= 11 is 6.51. The van der Waals surface area contributed by atoms with Gasteiger partial charge in [0.2, 0.25) is 0 Å². The zero-order chi connectivity index (χ0) is 13.3. The van der Waals surface area contributed by atoms with Crippen LogP contribution in [0.1, 0.15) is 24.3 Å². The van der Waals surface area contributed by atoms with E-state index in [1.807, 2.05) is 6.92 Å². The molecule has 1 unspecified atom stereocenters. The minimum Gasteiger partial charge on any atom is -0.382 e. The van der Waals surface area contributed by atoms with E-state index in [0.29, 0.717) is 21.2 Å². The maximum absolute atomic E-state index is 13.8. The highest BCUT2D eigenvalue weighted by molar-refractivity contribution is 9.10. The molecule has 1 aromatic carbocycles. The molecule has 1 aromatic heterocycles. The van der Waals surface area contributed by atoms with E-state index in [9.17, 15) is 9.50 Å². The SMILES string of the molecule is CCn1ncc(Br)c1C(O)c1ccc(Br)cc1F. The van der Waals surface area contributed by atoms with Crippen molar-refractivity contribution in [2.45, 2.75) is 19.6 Å². The molecular weight excluding hydrogens is 367 g/mol. The smallest absolute Gasteiger partial charge is 0.130 e. The van der Waals surface area contributed by atoms with Crippen LogP contribution in [0.5, 0.6) is 0 Å². The first-order valence-corrected chi connectivity index (χ1v) is 6.97. The van der Waals surface area contributed by atoms with Gasteiger partial charge >= 0.3 is 0 Å². The molecule has 0 radical (unpaired) electrons. The van der Waals surface area contributed by atoms with E-state index in [1.165, 1.54) is 6.07 Å². The van der Waals surface area contributed by atoms with Gasteiger partial charge in [0.25, 0.3) is 0 Å². The highest BCUT2D eigenvalue weighted by Crippen LogP contribution is 2.30. The summed E-state index contributed by atoms with van der Waals surface area (Å²) in [4.78, 5) is 0. The first kappa shape index (κ1) is 13.7. The highest BCUT2D eigenvalue weighted by atomic mass is 79.9. The molecule has 0 bridgehead atoms. The van der Waals surface area contributed by atoms with Gasteiger partial charge < -0.3 is 5.11 Å². The third-order valence-electron chi connectivity index (χ3n) is 2.65. The molecule has 2 rings (SSSR count). The molecule has 0 fully saturated rings. The first-order chi connectivity index (χ1) is 8.54. The quantitative estimate of drug-likeness (QED) is 0.886. The van der Waals surface area contributed by atoms with Crippen molar-refractivity contribution in [1.82, 2.24) is 9.78 Å². The van der Waals surface area contributed by atoms with Gasteiger partial charge in [-0.3, -0.25) is 4.68 Å².